The van der Waals surface area contributed by atoms with E-state index < -0.39 is 0 Å². The first kappa shape index (κ1) is 68.4. The first-order chi connectivity index (χ1) is 27.5. The van der Waals surface area contributed by atoms with E-state index in [9.17, 15) is 0 Å². The largest absolute Gasteiger partial charge is 0.662 e. The minimum Gasteiger partial charge on any atom is -0.662 e. The molecule has 6 fully saturated rings. The van der Waals surface area contributed by atoms with Crippen LogP contribution in [-0.4, -0.2) is 124 Å². The summed E-state index contributed by atoms with van der Waals surface area (Å²) in [6, 6.07) is 11.0. The van der Waals surface area contributed by atoms with Gasteiger partial charge in [-0.15, -0.1) is 26.2 Å². The van der Waals surface area contributed by atoms with Crippen LogP contribution in [0.5, 0.6) is 0 Å². The molecule has 4 radical (unpaired) electrons. The van der Waals surface area contributed by atoms with Crippen LogP contribution in [0.1, 0.15) is 163 Å². The SMILES string of the molecule is CCC1CC[CH-]CC1.CCC1CC[N-]CC1.CCN1CCCCC1.CCN1CCCCC1.CCN1CCCCC1.CCN1CC[N-]CC1.CCc1cc[c-]cc1.[V].[V].[V].[Y]. The van der Waals surface area contributed by atoms with E-state index in [1.165, 1.54) is 193 Å². The average Bonchev–Trinajstić information content (AvgIpc) is 3.32. The predicted octanol–water partition coefficient (Wildman–Crippen LogP) is 12.2. The van der Waals surface area contributed by atoms with Gasteiger partial charge in [0.1, 0.15) is 0 Å². The maximum absolute atomic E-state index is 4.28. The standard InChI is InChI=1S/C8H15.C8H9.C7H14N.3C7H15N.C6H13N2.3V.Y/c2*1-2-8-6-4-3-5-7-8;1-2-7-3-5-8-6-4-7;3*1-2-8-6-4-3-5-7-8;1-2-8-5-3-7-4-6-8;;;;/h3,8H,2,4-7H2,1H3;4-7H,2H2,1H3;7H,2-6H2,1H3;3*2-7H2,1H3;2-6H2,1H3;;;;/q3*-1;;;;-1;;;;. The summed E-state index contributed by atoms with van der Waals surface area (Å²) in [6.45, 7) is 35.3. The Morgan fingerprint density at radius 1 is 0.483 bits per heavy atom. The summed E-state index contributed by atoms with van der Waals surface area (Å²) in [5.74, 6) is 2.05. The van der Waals surface area contributed by atoms with Crippen LogP contribution < -0.4 is 0 Å². The number of likely N-dealkylation sites (N-methyl/N-ethyl adjacent to an activating group) is 1. The molecule has 7 rings (SSSR count). The van der Waals surface area contributed by atoms with Crippen LogP contribution in [0.2, 0.25) is 0 Å². The van der Waals surface area contributed by atoms with E-state index in [2.05, 4.69) is 103 Å². The summed E-state index contributed by atoms with van der Waals surface area (Å²) in [5.41, 5.74) is 1.38. The molecule has 6 aliphatic rings. The van der Waals surface area contributed by atoms with Crippen LogP contribution in [0.4, 0.5) is 0 Å². The Balaban J connectivity index is -0.000000302. The Morgan fingerprint density at radius 3 is 1.07 bits per heavy atom. The van der Waals surface area contributed by atoms with Gasteiger partial charge in [0, 0.05) is 88.4 Å². The van der Waals surface area contributed by atoms with Crippen LogP contribution in [0.15, 0.2) is 24.3 Å². The first-order valence-electron chi connectivity index (χ1n) is 24.5. The summed E-state index contributed by atoms with van der Waals surface area (Å²) >= 11 is 0. The van der Waals surface area contributed by atoms with Gasteiger partial charge in [0.15, 0.2) is 0 Å². The van der Waals surface area contributed by atoms with Gasteiger partial charge in [-0.1, -0.05) is 113 Å². The van der Waals surface area contributed by atoms with Crippen molar-refractivity contribution in [1.29, 1.82) is 0 Å². The van der Waals surface area contributed by atoms with Crippen molar-refractivity contribution in [2.24, 2.45) is 11.8 Å². The van der Waals surface area contributed by atoms with E-state index in [-0.39, 0.29) is 88.4 Å². The molecule has 0 unspecified atom stereocenters. The molecule has 1 saturated carbocycles. The minimum absolute atomic E-state index is 0. The molecule has 0 aromatic heterocycles. The molecular weight excluding hydrogens is 926 g/mol. The number of aryl methyl sites for hydroxylation is 1. The number of benzene rings is 1. The monoisotopic (exact) mass is 1020 g/mol. The fraction of sp³-hybridized carbons (Fsp3) is 0.860. The maximum Gasteiger partial charge on any atom is 0 e. The van der Waals surface area contributed by atoms with Crippen molar-refractivity contribution >= 4 is 0 Å². The third-order valence-electron chi connectivity index (χ3n) is 12.6. The molecule has 1 aromatic rings. The molecule has 1 aromatic carbocycles. The Hall–Kier alpha value is 1.84. The number of nitrogens with zero attached hydrogens (tertiary/aromatic N) is 6. The Kier molecular flexibility index (Phi) is 59.1. The van der Waals surface area contributed by atoms with Crippen molar-refractivity contribution in [2.75, 3.05) is 105 Å². The summed E-state index contributed by atoms with van der Waals surface area (Å²) in [7, 11) is 0. The summed E-state index contributed by atoms with van der Waals surface area (Å²) < 4.78 is 0. The molecule has 5 saturated heterocycles. The van der Waals surface area contributed by atoms with Crippen LogP contribution >= 0.6 is 0 Å². The molecule has 60 heavy (non-hydrogen) atoms. The summed E-state index contributed by atoms with van der Waals surface area (Å²) in [5, 5.41) is 8.51. The third kappa shape index (κ3) is 40.1. The second-order valence-corrected chi connectivity index (χ2v) is 16.6. The topological polar surface area (TPSA) is 41.2 Å². The quantitative estimate of drug-likeness (QED) is 0.255. The molecule has 1 aliphatic carbocycles. The summed E-state index contributed by atoms with van der Waals surface area (Å²) in [4.78, 5) is 9.98. The van der Waals surface area contributed by atoms with Gasteiger partial charge in [0.2, 0.25) is 0 Å². The molecular formula is C50H96N6V3Y-4. The van der Waals surface area contributed by atoms with Crippen molar-refractivity contribution < 1.29 is 88.4 Å². The molecule has 0 atom stereocenters. The van der Waals surface area contributed by atoms with E-state index in [4.69, 9.17) is 0 Å². The third-order valence-corrected chi connectivity index (χ3v) is 12.6. The number of piperidine rings is 4. The minimum atomic E-state index is 0. The first-order valence-corrected chi connectivity index (χ1v) is 24.5. The molecule has 5 heterocycles. The fourth-order valence-corrected chi connectivity index (χ4v) is 8.06. The van der Waals surface area contributed by atoms with Crippen LogP contribution in [0.3, 0.4) is 0 Å². The van der Waals surface area contributed by atoms with Crippen molar-refractivity contribution in [3.05, 3.63) is 52.9 Å². The van der Waals surface area contributed by atoms with Gasteiger partial charge in [0.25, 0.3) is 0 Å². The van der Waals surface area contributed by atoms with Gasteiger partial charge in [-0.3, -0.25) is 0 Å². The average molecular weight is 1020 g/mol. The molecule has 348 valence electrons. The second kappa shape index (κ2) is 51.8. The Morgan fingerprint density at radius 2 is 0.817 bits per heavy atom. The molecule has 0 amide bonds. The van der Waals surface area contributed by atoms with Gasteiger partial charge >= 0.3 is 0 Å². The van der Waals surface area contributed by atoms with Crippen LogP contribution in [0, 0.1) is 24.3 Å². The van der Waals surface area contributed by atoms with Crippen molar-refractivity contribution in [3.63, 3.8) is 0 Å². The molecule has 5 aliphatic heterocycles. The van der Waals surface area contributed by atoms with Gasteiger partial charge in [-0.05, 0) is 129 Å². The number of hydrogen-bond donors (Lipinski definition) is 0. The predicted molar refractivity (Wildman–Crippen MR) is 250 cm³/mol. The molecule has 0 N–H and O–H groups in total. The normalized spacial score (nSPS) is 20.1. The van der Waals surface area contributed by atoms with Crippen molar-refractivity contribution in [2.45, 2.75) is 164 Å². The van der Waals surface area contributed by atoms with E-state index in [0.29, 0.717) is 0 Å². The van der Waals surface area contributed by atoms with Gasteiger partial charge in [-0.2, -0.15) is 48.7 Å². The summed E-state index contributed by atoms with van der Waals surface area (Å²) in [6.07, 6.45) is 27.6. The fourth-order valence-electron chi connectivity index (χ4n) is 8.06. The molecule has 10 heteroatoms. The van der Waals surface area contributed by atoms with Crippen LogP contribution in [0.25, 0.3) is 10.6 Å². The smallest absolute Gasteiger partial charge is 0 e. The maximum atomic E-state index is 4.28. The van der Waals surface area contributed by atoms with E-state index >= 15 is 0 Å². The Bertz CT molecular complexity index is 763. The van der Waals surface area contributed by atoms with Crippen LogP contribution in [-0.2, 0) is 94.8 Å². The van der Waals surface area contributed by atoms with Crippen molar-refractivity contribution in [3.8, 4) is 0 Å². The zero-order valence-corrected chi connectivity index (χ0v) is 47.7. The number of rotatable bonds is 7. The Labute approximate surface area is 437 Å². The molecule has 0 spiro atoms. The second-order valence-electron chi connectivity index (χ2n) is 16.6. The zero-order valence-electron chi connectivity index (χ0n) is 40.7. The van der Waals surface area contributed by atoms with E-state index in [0.717, 1.165) is 44.4 Å². The number of piperazine rings is 1. The number of likely N-dealkylation sites (tertiary alicyclic amines) is 3. The van der Waals surface area contributed by atoms with Crippen molar-refractivity contribution in [1.82, 2.24) is 19.6 Å². The van der Waals surface area contributed by atoms with Gasteiger partial charge in [0.05, 0.1) is 0 Å². The zero-order chi connectivity index (χ0) is 40.7. The molecule has 6 nitrogen and oxygen atoms in total. The van der Waals surface area contributed by atoms with E-state index in [1.54, 1.807) is 0 Å². The van der Waals surface area contributed by atoms with Gasteiger partial charge < -0.3 is 36.7 Å². The number of hydrogen-bond acceptors (Lipinski definition) is 4. The van der Waals surface area contributed by atoms with E-state index in [1.807, 2.05) is 12.1 Å². The van der Waals surface area contributed by atoms with Gasteiger partial charge in [-0.25, -0.2) is 0 Å². The molecule has 0 bridgehead atoms.